The van der Waals surface area contributed by atoms with Crippen LogP contribution in [0.3, 0.4) is 0 Å². The Hall–Kier alpha value is -1.45. The zero-order valence-corrected chi connectivity index (χ0v) is 7.05. The highest BCUT2D eigenvalue weighted by Crippen LogP contribution is 2.15. The van der Waals surface area contributed by atoms with Crippen molar-refractivity contribution in [3.63, 3.8) is 0 Å². The largest absolute Gasteiger partial charge is 0.435 e. The third-order valence-corrected chi connectivity index (χ3v) is 1.49. The molecule has 1 N–H and O–H groups in total. The molecule has 13 heavy (non-hydrogen) atoms. The fourth-order valence-electron chi connectivity index (χ4n) is 0.906. The van der Waals surface area contributed by atoms with Gasteiger partial charge in [0.2, 0.25) is 0 Å². The number of nitrogens with one attached hydrogen (secondary N) is 1. The summed E-state index contributed by atoms with van der Waals surface area (Å²) in [6, 6.07) is 6.08. The standard InChI is InChI=1S/C9H9F2NO/c1-6(12)7-3-2-4-8(5-7)13-9(10)11/h2-5,9,12H,1H3. The minimum absolute atomic E-state index is 0.0825. The van der Waals surface area contributed by atoms with Crippen LogP contribution in [0.2, 0.25) is 0 Å². The van der Waals surface area contributed by atoms with Gasteiger partial charge in [-0.05, 0) is 24.6 Å². The molecule has 0 saturated heterocycles. The highest BCUT2D eigenvalue weighted by atomic mass is 19.3. The second-order valence-corrected chi connectivity index (χ2v) is 2.53. The zero-order valence-electron chi connectivity index (χ0n) is 7.05. The van der Waals surface area contributed by atoms with Crippen molar-refractivity contribution >= 4 is 5.71 Å². The molecule has 0 aliphatic rings. The maximum Gasteiger partial charge on any atom is 0.387 e. The predicted octanol–water partition coefficient (Wildman–Crippen LogP) is 2.68. The molecule has 0 aliphatic carbocycles. The van der Waals surface area contributed by atoms with Crippen molar-refractivity contribution in [1.29, 1.82) is 5.41 Å². The summed E-state index contributed by atoms with van der Waals surface area (Å²) in [6.07, 6.45) is 0. The van der Waals surface area contributed by atoms with Gasteiger partial charge in [0, 0.05) is 5.71 Å². The number of halogens is 2. The van der Waals surface area contributed by atoms with Crippen molar-refractivity contribution in [2.75, 3.05) is 0 Å². The minimum atomic E-state index is -2.82. The van der Waals surface area contributed by atoms with E-state index in [0.717, 1.165) is 0 Å². The van der Waals surface area contributed by atoms with E-state index in [9.17, 15) is 8.78 Å². The number of ether oxygens (including phenoxy) is 1. The van der Waals surface area contributed by atoms with Gasteiger partial charge in [0.25, 0.3) is 0 Å². The summed E-state index contributed by atoms with van der Waals surface area (Å²) in [5.41, 5.74) is 0.901. The van der Waals surface area contributed by atoms with Crippen LogP contribution < -0.4 is 4.74 Å². The molecule has 0 aliphatic heterocycles. The third kappa shape index (κ3) is 2.82. The molecule has 1 aromatic rings. The molecule has 1 rings (SSSR count). The molecule has 1 aromatic carbocycles. The van der Waals surface area contributed by atoms with Crippen LogP contribution in [-0.4, -0.2) is 12.3 Å². The molecule has 0 spiro atoms. The predicted molar refractivity (Wildman–Crippen MR) is 45.6 cm³/mol. The summed E-state index contributed by atoms with van der Waals surface area (Å²) in [7, 11) is 0. The smallest absolute Gasteiger partial charge is 0.387 e. The van der Waals surface area contributed by atoms with Gasteiger partial charge in [-0.15, -0.1) is 0 Å². The second kappa shape index (κ2) is 3.98. The number of alkyl halides is 2. The Morgan fingerprint density at radius 1 is 1.46 bits per heavy atom. The first-order chi connectivity index (χ1) is 6.09. The van der Waals surface area contributed by atoms with Crippen LogP contribution >= 0.6 is 0 Å². The van der Waals surface area contributed by atoms with Crippen molar-refractivity contribution < 1.29 is 13.5 Å². The van der Waals surface area contributed by atoms with E-state index in [1.54, 1.807) is 19.1 Å². The van der Waals surface area contributed by atoms with Crippen LogP contribution in [0.5, 0.6) is 5.75 Å². The van der Waals surface area contributed by atoms with Gasteiger partial charge in [-0.3, -0.25) is 0 Å². The number of rotatable bonds is 3. The number of hydrogen-bond donors (Lipinski definition) is 1. The lowest BCUT2D eigenvalue weighted by molar-refractivity contribution is -0.0498. The first-order valence-corrected chi connectivity index (χ1v) is 3.70. The maximum absolute atomic E-state index is 11.8. The van der Waals surface area contributed by atoms with E-state index in [-0.39, 0.29) is 5.75 Å². The third-order valence-electron chi connectivity index (χ3n) is 1.49. The topological polar surface area (TPSA) is 33.1 Å². The fraction of sp³-hybridized carbons (Fsp3) is 0.222. The normalized spacial score (nSPS) is 10.2. The van der Waals surface area contributed by atoms with Crippen molar-refractivity contribution in [2.24, 2.45) is 0 Å². The molecule has 70 valence electrons. The molecule has 0 radical (unpaired) electrons. The summed E-state index contributed by atoms with van der Waals surface area (Å²) >= 11 is 0. The molecule has 0 atom stereocenters. The van der Waals surface area contributed by atoms with Gasteiger partial charge in [-0.25, -0.2) is 0 Å². The van der Waals surface area contributed by atoms with E-state index in [1.165, 1.54) is 12.1 Å². The highest BCUT2D eigenvalue weighted by molar-refractivity contribution is 5.96. The van der Waals surface area contributed by atoms with Crippen LogP contribution in [0.15, 0.2) is 24.3 Å². The van der Waals surface area contributed by atoms with Crippen molar-refractivity contribution in [3.05, 3.63) is 29.8 Å². The molecular weight excluding hydrogens is 176 g/mol. The molecule has 0 saturated carbocycles. The van der Waals surface area contributed by atoms with E-state index in [1.807, 2.05) is 0 Å². The first kappa shape index (κ1) is 9.64. The molecular formula is C9H9F2NO. The van der Waals surface area contributed by atoms with Gasteiger partial charge in [0.15, 0.2) is 0 Å². The Balaban J connectivity index is 2.85. The van der Waals surface area contributed by atoms with Crippen LogP contribution in [0.25, 0.3) is 0 Å². The van der Waals surface area contributed by atoms with E-state index in [4.69, 9.17) is 5.41 Å². The zero-order chi connectivity index (χ0) is 9.84. The van der Waals surface area contributed by atoms with Crippen molar-refractivity contribution in [1.82, 2.24) is 0 Å². The van der Waals surface area contributed by atoms with E-state index < -0.39 is 6.61 Å². The summed E-state index contributed by atoms with van der Waals surface area (Å²) < 4.78 is 27.7. The van der Waals surface area contributed by atoms with Gasteiger partial charge in [-0.2, -0.15) is 8.78 Å². The Labute approximate surface area is 74.7 Å². The fourth-order valence-corrected chi connectivity index (χ4v) is 0.906. The Bertz CT molecular complexity index is 312. The lowest BCUT2D eigenvalue weighted by atomic mass is 10.1. The Morgan fingerprint density at radius 3 is 2.69 bits per heavy atom. The van der Waals surface area contributed by atoms with Gasteiger partial charge >= 0.3 is 6.61 Å². The van der Waals surface area contributed by atoms with Crippen LogP contribution in [-0.2, 0) is 0 Å². The van der Waals surface area contributed by atoms with Crippen LogP contribution in [0.4, 0.5) is 8.78 Å². The Kier molecular flexibility index (Phi) is 2.95. The van der Waals surface area contributed by atoms with Gasteiger partial charge < -0.3 is 10.1 Å². The second-order valence-electron chi connectivity index (χ2n) is 2.53. The number of hydrogen-bond acceptors (Lipinski definition) is 2. The quantitative estimate of drug-likeness (QED) is 0.721. The average molecular weight is 185 g/mol. The summed E-state index contributed by atoms with van der Waals surface area (Å²) in [6.45, 7) is -1.23. The Morgan fingerprint density at radius 2 is 2.15 bits per heavy atom. The highest BCUT2D eigenvalue weighted by Gasteiger charge is 2.04. The van der Waals surface area contributed by atoms with Gasteiger partial charge in [0.1, 0.15) is 5.75 Å². The molecule has 0 unspecified atom stereocenters. The molecule has 0 aromatic heterocycles. The molecule has 0 heterocycles. The summed E-state index contributed by atoms with van der Waals surface area (Å²) in [4.78, 5) is 0. The van der Waals surface area contributed by atoms with Crippen molar-refractivity contribution in [3.8, 4) is 5.75 Å². The maximum atomic E-state index is 11.8. The molecule has 4 heteroatoms. The van der Waals surface area contributed by atoms with E-state index >= 15 is 0 Å². The first-order valence-electron chi connectivity index (χ1n) is 3.70. The molecule has 0 fully saturated rings. The molecule has 0 amide bonds. The molecule has 2 nitrogen and oxygen atoms in total. The van der Waals surface area contributed by atoms with Crippen LogP contribution in [0.1, 0.15) is 12.5 Å². The van der Waals surface area contributed by atoms with Gasteiger partial charge in [-0.1, -0.05) is 12.1 Å². The minimum Gasteiger partial charge on any atom is -0.435 e. The lowest BCUT2D eigenvalue weighted by Gasteiger charge is -2.05. The van der Waals surface area contributed by atoms with Crippen molar-refractivity contribution in [2.45, 2.75) is 13.5 Å². The molecule has 0 bridgehead atoms. The summed E-state index contributed by atoms with van der Waals surface area (Å²) in [5.74, 6) is 0.0825. The summed E-state index contributed by atoms with van der Waals surface area (Å²) in [5, 5.41) is 7.27. The average Bonchev–Trinajstić information content (AvgIpc) is 2.03. The monoisotopic (exact) mass is 185 g/mol. The van der Waals surface area contributed by atoms with E-state index in [0.29, 0.717) is 11.3 Å². The van der Waals surface area contributed by atoms with E-state index in [2.05, 4.69) is 4.74 Å². The van der Waals surface area contributed by atoms with Crippen LogP contribution in [0, 0.1) is 5.41 Å². The van der Waals surface area contributed by atoms with Gasteiger partial charge in [0.05, 0.1) is 0 Å². The SMILES string of the molecule is CC(=N)c1cccc(OC(F)F)c1. The lowest BCUT2D eigenvalue weighted by Crippen LogP contribution is -2.02. The number of benzene rings is 1.